The van der Waals surface area contributed by atoms with E-state index in [1.807, 2.05) is 21.8 Å². The van der Waals surface area contributed by atoms with Crippen LogP contribution in [0.25, 0.3) is 11.1 Å². The molecule has 46 heavy (non-hydrogen) atoms. The SMILES string of the molecule is COc1ccc([C@H]2CC[C@H](CN(c3cccc(-c4cnn(C(C)C)c4)c3)C(=O)[C@H]3CC[C@H](OC(=O)NCCO)CC3)CC2)cc1C. The van der Waals surface area contributed by atoms with Gasteiger partial charge in [0.15, 0.2) is 0 Å². The Hall–Kier alpha value is -3.85. The predicted molar refractivity (Wildman–Crippen MR) is 180 cm³/mol. The van der Waals surface area contributed by atoms with E-state index in [4.69, 9.17) is 14.6 Å². The lowest BCUT2D eigenvalue weighted by Gasteiger charge is -2.36. The molecule has 2 N–H and O–H groups in total. The van der Waals surface area contributed by atoms with Gasteiger partial charge in [0.2, 0.25) is 5.91 Å². The molecule has 0 saturated heterocycles. The van der Waals surface area contributed by atoms with Crippen molar-refractivity contribution >= 4 is 17.7 Å². The summed E-state index contributed by atoms with van der Waals surface area (Å²) in [5.74, 6) is 1.91. The first-order valence-electron chi connectivity index (χ1n) is 16.9. The number of amides is 2. The molecule has 2 fully saturated rings. The summed E-state index contributed by atoms with van der Waals surface area (Å²) < 4.78 is 13.0. The van der Waals surface area contributed by atoms with Gasteiger partial charge < -0.3 is 24.8 Å². The Kier molecular flexibility index (Phi) is 11.4. The lowest BCUT2D eigenvalue weighted by molar-refractivity contribution is -0.124. The zero-order chi connectivity index (χ0) is 32.6. The molecule has 0 unspecified atom stereocenters. The van der Waals surface area contributed by atoms with Gasteiger partial charge in [-0.3, -0.25) is 9.48 Å². The van der Waals surface area contributed by atoms with Crippen LogP contribution < -0.4 is 15.0 Å². The lowest BCUT2D eigenvalue weighted by Crippen LogP contribution is -2.42. The predicted octanol–water partition coefficient (Wildman–Crippen LogP) is 7.03. The number of aryl methyl sites for hydroxylation is 1. The number of aliphatic hydroxyl groups excluding tert-OH is 1. The van der Waals surface area contributed by atoms with Gasteiger partial charge in [0.25, 0.3) is 0 Å². The normalized spacial score (nSPS) is 21.5. The van der Waals surface area contributed by atoms with Gasteiger partial charge in [0.1, 0.15) is 11.9 Å². The summed E-state index contributed by atoms with van der Waals surface area (Å²) >= 11 is 0. The molecule has 2 aromatic carbocycles. The number of rotatable bonds is 11. The highest BCUT2D eigenvalue weighted by molar-refractivity contribution is 5.95. The van der Waals surface area contributed by atoms with Gasteiger partial charge in [-0.15, -0.1) is 0 Å². The fraction of sp³-hybridized carbons (Fsp3) is 0.541. The third-order valence-electron chi connectivity index (χ3n) is 9.74. The summed E-state index contributed by atoms with van der Waals surface area (Å²) in [6, 6.07) is 15.1. The molecule has 1 aromatic heterocycles. The van der Waals surface area contributed by atoms with Gasteiger partial charge in [-0.1, -0.05) is 24.3 Å². The fourth-order valence-corrected chi connectivity index (χ4v) is 7.04. The Morgan fingerprint density at radius 1 is 1.02 bits per heavy atom. The molecule has 2 aliphatic rings. The second-order valence-corrected chi connectivity index (χ2v) is 13.3. The van der Waals surface area contributed by atoms with Crippen molar-refractivity contribution < 1.29 is 24.2 Å². The van der Waals surface area contributed by atoms with E-state index < -0.39 is 6.09 Å². The van der Waals surface area contributed by atoms with Crippen LogP contribution in [0, 0.1) is 18.8 Å². The number of carbonyl (C=O) groups is 2. The second kappa shape index (κ2) is 15.6. The van der Waals surface area contributed by atoms with Crippen molar-refractivity contribution in [1.29, 1.82) is 0 Å². The van der Waals surface area contributed by atoms with Gasteiger partial charge in [0.05, 0.1) is 19.9 Å². The van der Waals surface area contributed by atoms with Gasteiger partial charge in [-0.2, -0.15) is 5.10 Å². The van der Waals surface area contributed by atoms with Crippen molar-refractivity contribution in [3.8, 4) is 16.9 Å². The summed E-state index contributed by atoms with van der Waals surface area (Å²) in [6.07, 6.45) is 10.2. The highest BCUT2D eigenvalue weighted by Gasteiger charge is 2.34. The van der Waals surface area contributed by atoms with Crippen LogP contribution in [0.15, 0.2) is 54.9 Å². The molecule has 0 radical (unpaired) electrons. The molecule has 2 aliphatic carbocycles. The van der Waals surface area contributed by atoms with Gasteiger partial charge in [0, 0.05) is 42.5 Å². The maximum atomic E-state index is 14.3. The van der Waals surface area contributed by atoms with E-state index in [9.17, 15) is 9.59 Å². The molecule has 248 valence electrons. The number of hydrogen-bond donors (Lipinski definition) is 2. The fourth-order valence-electron chi connectivity index (χ4n) is 7.04. The van der Waals surface area contributed by atoms with E-state index in [0.29, 0.717) is 44.1 Å². The Labute approximate surface area is 273 Å². The van der Waals surface area contributed by atoms with Crippen molar-refractivity contribution in [1.82, 2.24) is 15.1 Å². The standard InChI is InChI=1S/C37H50N4O5/c1-25(2)41-24-32(22-39-41)30-6-5-7-33(21-30)40(36(43)29-12-15-34(16-13-29)46-37(44)38-18-19-42)23-27-8-10-28(11-9-27)31-14-17-35(45-4)26(3)20-31/h5-7,14,17,20-22,24-25,27-29,34,42H,8-13,15-16,18-19,23H2,1-4H3,(H,38,44)/t27-,28-,29-,34-. The van der Waals surface area contributed by atoms with Crippen LogP contribution in [-0.2, 0) is 9.53 Å². The number of nitrogens with one attached hydrogen (secondary N) is 1. The molecule has 0 atom stereocenters. The van der Waals surface area contributed by atoms with Crippen LogP contribution in [0.3, 0.4) is 0 Å². The summed E-state index contributed by atoms with van der Waals surface area (Å²) in [5.41, 5.74) is 5.56. The Morgan fingerprint density at radius 3 is 2.43 bits per heavy atom. The molecule has 0 aliphatic heterocycles. The average molecular weight is 631 g/mol. The first-order valence-corrected chi connectivity index (χ1v) is 16.9. The zero-order valence-corrected chi connectivity index (χ0v) is 27.8. The van der Waals surface area contributed by atoms with Crippen LogP contribution in [0.1, 0.15) is 88.3 Å². The van der Waals surface area contributed by atoms with E-state index in [2.05, 4.69) is 73.8 Å². The molecular formula is C37H50N4O5. The molecule has 2 amide bonds. The third-order valence-corrected chi connectivity index (χ3v) is 9.74. The van der Waals surface area contributed by atoms with E-state index >= 15 is 0 Å². The second-order valence-electron chi connectivity index (χ2n) is 13.3. The zero-order valence-electron chi connectivity index (χ0n) is 27.8. The molecule has 9 heteroatoms. The van der Waals surface area contributed by atoms with Gasteiger partial charge >= 0.3 is 6.09 Å². The Bertz CT molecular complexity index is 1450. The number of alkyl carbamates (subject to hydrolysis) is 1. The summed E-state index contributed by atoms with van der Waals surface area (Å²) in [6.45, 7) is 7.06. The van der Waals surface area contributed by atoms with Crippen LogP contribution in [0.4, 0.5) is 10.5 Å². The van der Waals surface area contributed by atoms with Crippen LogP contribution >= 0.6 is 0 Å². The number of anilines is 1. The molecule has 1 heterocycles. The van der Waals surface area contributed by atoms with E-state index in [1.54, 1.807) is 7.11 Å². The van der Waals surface area contributed by atoms with Crippen LogP contribution in [-0.4, -0.2) is 59.8 Å². The molecular weight excluding hydrogens is 580 g/mol. The van der Waals surface area contributed by atoms with Crippen molar-refractivity contribution in [2.45, 2.75) is 90.2 Å². The molecule has 3 aromatic rings. The number of aliphatic hydroxyl groups is 1. The van der Waals surface area contributed by atoms with Crippen molar-refractivity contribution in [3.63, 3.8) is 0 Å². The topological polar surface area (TPSA) is 106 Å². The van der Waals surface area contributed by atoms with E-state index in [1.165, 1.54) is 11.1 Å². The number of methoxy groups -OCH3 is 1. The third kappa shape index (κ3) is 8.29. The smallest absolute Gasteiger partial charge is 0.407 e. The van der Waals surface area contributed by atoms with E-state index in [-0.39, 0.29) is 37.1 Å². The van der Waals surface area contributed by atoms with Crippen LogP contribution in [0.2, 0.25) is 0 Å². The highest BCUT2D eigenvalue weighted by Crippen LogP contribution is 2.39. The Balaban J connectivity index is 1.30. The number of aromatic nitrogens is 2. The minimum atomic E-state index is -0.511. The van der Waals surface area contributed by atoms with Crippen molar-refractivity contribution in [2.75, 3.05) is 31.7 Å². The monoisotopic (exact) mass is 630 g/mol. The highest BCUT2D eigenvalue weighted by atomic mass is 16.6. The Morgan fingerprint density at radius 2 is 1.78 bits per heavy atom. The first-order chi connectivity index (χ1) is 22.2. The quantitative estimate of drug-likeness (QED) is 0.236. The average Bonchev–Trinajstić information content (AvgIpc) is 3.58. The minimum absolute atomic E-state index is 0.119. The van der Waals surface area contributed by atoms with E-state index in [0.717, 1.165) is 48.2 Å². The number of hydrogen-bond acceptors (Lipinski definition) is 6. The molecule has 2 saturated carbocycles. The van der Waals surface area contributed by atoms with Crippen molar-refractivity contribution in [3.05, 3.63) is 66.0 Å². The molecule has 0 bridgehead atoms. The minimum Gasteiger partial charge on any atom is -0.496 e. The van der Waals surface area contributed by atoms with Gasteiger partial charge in [-0.05, 0) is 119 Å². The molecule has 0 spiro atoms. The van der Waals surface area contributed by atoms with Gasteiger partial charge in [-0.25, -0.2) is 4.79 Å². The number of benzene rings is 2. The number of carbonyl (C=O) groups excluding carboxylic acids is 2. The van der Waals surface area contributed by atoms with Crippen molar-refractivity contribution in [2.24, 2.45) is 11.8 Å². The summed E-state index contributed by atoms with van der Waals surface area (Å²) in [7, 11) is 1.72. The molecule has 9 nitrogen and oxygen atoms in total. The maximum Gasteiger partial charge on any atom is 0.407 e. The first kappa shape index (κ1) is 33.5. The largest absolute Gasteiger partial charge is 0.496 e. The summed E-state index contributed by atoms with van der Waals surface area (Å²) in [4.78, 5) is 28.4. The lowest BCUT2D eigenvalue weighted by atomic mass is 9.78. The number of ether oxygens (including phenoxy) is 2. The number of nitrogens with zero attached hydrogens (tertiary/aromatic N) is 3. The molecule has 5 rings (SSSR count). The maximum absolute atomic E-state index is 14.3. The van der Waals surface area contributed by atoms with Crippen LogP contribution in [0.5, 0.6) is 5.75 Å². The summed E-state index contributed by atoms with van der Waals surface area (Å²) in [5, 5.41) is 16.0.